The number of nitrogens with one attached hydrogen (secondary N) is 1. The van der Waals surface area contributed by atoms with Gasteiger partial charge in [-0.3, -0.25) is 4.79 Å². The van der Waals surface area contributed by atoms with Crippen LogP contribution in [-0.2, 0) is 6.61 Å². The van der Waals surface area contributed by atoms with Crippen LogP contribution in [-0.4, -0.2) is 25.3 Å². The fourth-order valence-electron chi connectivity index (χ4n) is 2.95. The molecule has 0 saturated heterocycles. The van der Waals surface area contributed by atoms with Crippen LogP contribution in [0.4, 0.5) is 0 Å². The van der Waals surface area contributed by atoms with Gasteiger partial charge in [0.15, 0.2) is 11.5 Å². The molecule has 0 radical (unpaired) electrons. The highest BCUT2D eigenvalue weighted by Crippen LogP contribution is 2.28. The number of nitrogens with zero attached hydrogens (tertiary/aromatic N) is 1. The molecule has 1 amide bonds. The van der Waals surface area contributed by atoms with Gasteiger partial charge in [-0.05, 0) is 55.3 Å². The van der Waals surface area contributed by atoms with Gasteiger partial charge < -0.3 is 14.2 Å². The summed E-state index contributed by atoms with van der Waals surface area (Å²) < 4.78 is 17.0. The first kappa shape index (κ1) is 23.6. The Bertz CT molecular complexity index is 1110. The zero-order valence-corrected chi connectivity index (χ0v) is 18.9. The Hall–Kier alpha value is -4.06. The summed E-state index contributed by atoms with van der Waals surface area (Å²) in [4.78, 5) is 12.5. The summed E-state index contributed by atoms with van der Waals surface area (Å²) in [6.45, 7) is 8.84. The third-order valence-corrected chi connectivity index (χ3v) is 4.63. The van der Waals surface area contributed by atoms with Gasteiger partial charge in [-0.1, -0.05) is 54.6 Å². The van der Waals surface area contributed by atoms with Crippen molar-refractivity contribution in [2.75, 3.05) is 13.2 Å². The van der Waals surface area contributed by atoms with E-state index >= 15 is 0 Å². The molecule has 0 aliphatic rings. The molecular formula is C27H28N2O4. The van der Waals surface area contributed by atoms with Gasteiger partial charge in [0.1, 0.15) is 19.0 Å². The number of carbonyl (C=O) groups is 1. The van der Waals surface area contributed by atoms with Crippen molar-refractivity contribution in [2.24, 2.45) is 5.10 Å². The second-order valence-corrected chi connectivity index (χ2v) is 7.24. The number of rotatable bonds is 11. The topological polar surface area (TPSA) is 69.2 Å². The molecule has 0 saturated carbocycles. The lowest BCUT2D eigenvalue weighted by atomic mass is 10.2. The van der Waals surface area contributed by atoms with E-state index in [0.717, 1.165) is 16.9 Å². The molecule has 0 spiro atoms. The first-order valence-corrected chi connectivity index (χ1v) is 10.7. The lowest BCUT2D eigenvalue weighted by molar-refractivity contribution is 0.0954. The third-order valence-electron chi connectivity index (χ3n) is 4.63. The van der Waals surface area contributed by atoms with E-state index in [-0.39, 0.29) is 5.91 Å². The van der Waals surface area contributed by atoms with Crippen molar-refractivity contribution in [2.45, 2.75) is 20.5 Å². The van der Waals surface area contributed by atoms with E-state index in [1.54, 1.807) is 30.5 Å². The summed E-state index contributed by atoms with van der Waals surface area (Å²) in [5, 5.41) is 4.07. The Morgan fingerprint density at radius 3 is 2.58 bits per heavy atom. The summed E-state index contributed by atoms with van der Waals surface area (Å²) in [6, 6.07) is 20.7. The van der Waals surface area contributed by atoms with Crippen molar-refractivity contribution in [3.8, 4) is 17.2 Å². The van der Waals surface area contributed by atoms with Gasteiger partial charge in [0.2, 0.25) is 0 Å². The van der Waals surface area contributed by atoms with Crippen molar-refractivity contribution in [1.29, 1.82) is 0 Å². The fourth-order valence-corrected chi connectivity index (χ4v) is 2.95. The van der Waals surface area contributed by atoms with Gasteiger partial charge in [0.05, 0.1) is 12.8 Å². The minimum Gasteiger partial charge on any atom is -0.490 e. The van der Waals surface area contributed by atoms with E-state index in [2.05, 4.69) is 36.2 Å². The predicted octanol–water partition coefficient (Wildman–Crippen LogP) is 5.30. The predicted molar refractivity (Wildman–Crippen MR) is 130 cm³/mol. The number of ether oxygens (including phenoxy) is 3. The monoisotopic (exact) mass is 444 g/mol. The molecule has 0 aliphatic carbocycles. The molecule has 33 heavy (non-hydrogen) atoms. The second kappa shape index (κ2) is 12.1. The smallest absolute Gasteiger partial charge is 0.271 e. The van der Waals surface area contributed by atoms with E-state index < -0.39 is 0 Å². The Morgan fingerprint density at radius 2 is 1.82 bits per heavy atom. The van der Waals surface area contributed by atoms with Gasteiger partial charge in [-0.25, -0.2) is 5.43 Å². The van der Waals surface area contributed by atoms with E-state index in [1.807, 2.05) is 43.3 Å². The number of aryl methyl sites for hydroxylation is 1. The number of hydrogen-bond acceptors (Lipinski definition) is 5. The number of hydrazone groups is 1. The maximum absolute atomic E-state index is 12.5. The summed E-state index contributed by atoms with van der Waals surface area (Å²) in [5.74, 6) is 1.42. The van der Waals surface area contributed by atoms with Gasteiger partial charge in [0, 0.05) is 5.56 Å². The van der Waals surface area contributed by atoms with Crippen LogP contribution in [0.1, 0.15) is 34.0 Å². The summed E-state index contributed by atoms with van der Waals surface area (Å²) >= 11 is 0. The summed E-state index contributed by atoms with van der Waals surface area (Å²) in [5.41, 5.74) is 6.07. The molecule has 1 N–H and O–H groups in total. The highest BCUT2D eigenvalue weighted by Gasteiger charge is 2.11. The van der Waals surface area contributed by atoms with E-state index in [0.29, 0.717) is 36.9 Å². The average Bonchev–Trinajstić information content (AvgIpc) is 2.83. The van der Waals surface area contributed by atoms with Crippen molar-refractivity contribution in [3.63, 3.8) is 0 Å². The van der Waals surface area contributed by atoms with Crippen LogP contribution >= 0.6 is 0 Å². The molecule has 0 heterocycles. The molecule has 3 aromatic rings. The average molecular weight is 445 g/mol. The van der Waals surface area contributed by atoms with Crippen molar-refractivity contribution in [1.82, 2.24) is 5.43 Å². The standard InChI is InChI=1S/C27H28N2O4/c1-4-15-32-25-14-13-23(17-26(25)31-5-2)27(30)29-28-18-22-7-6-8-24(16-22)33-19-21-11-9-20(3)10-12-21/h4,6-14,16-18H,1,5,15,19H2,2-3H3,(H,29,30)/b28-18+. The minimum atomic E-state index is -0.353. The van der Waals surface area contributed by atoms with Gasteiger partial charge >= 0.3 is 0 Å². The molecule has 170 valence electrons. The van der Waals surface area contributed by atoms with E-state index in [4.69, 9.17) is 14.2 Å². The Balaban J connectivity index is 1.59. The molecule has 3 aromatic carbocycles. The van der Waals surface area contributed by atoms with Gasteiger partial charge in [-0.2, -0.15) is 5.10 Å². The number of amides is 1. The van der Waals surface area contributed by atoms with E-state index in [9.17, 15) is 4.79 Å². The normalized spacial score (nSPS) is 10.6. The van der Waals surface area contributed by atoms with Crippen LogP contribution in [0.3, 0.4) is 0 Å². The number of carbonyl (C=O) groups excluding carboxylic acids is 1. The maximum atomic E-state index is 12.5. The van der Waals surface area contributed by atoms with Crippen LogP contribution in [0.5, 0.6) is 17.2 Å². The molecule has 0 aromatic heterocycles. The Kier molecular flexibility index (Phi) is 8.65. The Labute approximate surface area is 194 Å². The zero-order chi connectivity index (χ0) is 23.5. The largest absolute Gasteiger partial charge is 0.490 e. The molecule has 0 fully saturated rings. The lowest BCUT2D eigenvalue weighted by Gasteiger charge is -2.12. The molecule has 6 nitrogen and oxygen atoms in total. The molecule has 0 bridgehead atoms. The quantitative estimate of drug-likeness (QED) is 0.247. The zero-order valence-electron chi connectivity index (χ0n) is 18.9. The molecule has 6 heteroatoms. The first-order valence-electron chi connectivity index (χ1n) is 10.7. The summed E-state index contributed by atoms with van der Waals surface area (Å²) in [6.07, 6.45) is 3.22. The maximum Gasteiger partial charge on any atom is 0.271 e. The van der Waals surface area contributed by atoms with Crippen LogP contribution in [0.2, 0.25) is 0 Å². The minimum absolute atomic E-state index is 0.351. The molecule has 0 unspecified atom stereocenters. The van der Waals surface area contributed by atoms with Crippen LogP contribution in [0.25, 0.3) is 0 Å². The molecule has 3 rings (SSSR count). The van der Waals surface area contributed by atoms with Gasteiger partial charge in [0.25, 0.3) is 5.91 Å². The van der Waals surface area contributed by atoms with Crippen molar-refractivity contribution in [3.05, 3.63) is 102 Å². The van der Waals surface area contributed by atoms with Crippen LogP contribution < -0.4 is 19.6 Å². The second-order valence-electron chi connectivity index (χ2n) is 7.24. The number of hydrogen-bond donors (Lipinski definition) is 1. The number of benzene rings is 3. The van der Waals surface area contributed by atoms with E-state index in [1.165, 1.54) is 5.56 Å². The fraction of sp³-hybridized carbons (Fsp3) is 0.185. The lowest BCUT2D eigenvalue weighted by Crippen LogP contribution is -2.17. The first-order chi connectivity index (χ1) is 16.1. The van der Waals surface area contributed by atoms with Crippen molar-refractivity contribution < 1.29 is 19.0 Å². The molecule has 0 aliphatic heterocycles. The van der Waals surface area contributed by atoms with Crippen molar-refractivity contribution >= 4 is 12.1 Å². The highest BCUT2D eigenvalue weighted by molar-refractivity contribution is 5.95. The third kappa shape index (κ3) is 7.25. The van der Waals surface area contributed by atoms with Gasteiger partial charge in [-0.15, -0.1) is 0 Å². The Morgan fingerprint density at radius 1 is 1.00 bits per heavy atom. The van der Waals surface area contributed by atoms with Crippen LogP contribution in [0.15, 0.2) is 84.5 Å². The highest BCUT2D eigenvalue weighted by atomic mass is 16.5. The van der Waals surface area contributed by atoms with Crippen LogP contribution in [0, 0.1) is 6.92 Å². The summed E-state index contributed by atoms with van der Waals surface area (Å²) in [7, 11) is 0. The SMILES string of the molecule is C=CCOc1ccc(C(=O)N/N=C/c2cccc(OCc3ccc(C)cc3)c2)cc1OCC. The molecular weight excluding hydrogens is 416 g/mol. The molecule has 0 atom stereocenters.